The molecule has 0 aliphatic rings. The smallest absolute Gasteiger partial charge is 0.255 e. The van der Waals surface area contributed by atoms with Crippen LogP contribution in [-0.2, 0) is 10.0 Å². The maximum Gasteiger partial charge on any atom is 0.255 e. The van der Waals surface area contributed by atoms with Gasteiger partial charge in [0.1, 0.15) is 11.3 Å². The first kappa shape index (κ1) is 26.5. The molecule has 0 saturated heterocycles. The van der Waals surface area contributed by atoms with Gasteiger partial charge in [-0.15, -0.1) is 0 Å². The fraction of sp³-hybridized carbons (Fsp3) is 0.300. The average molecular weight is 519 g/mol. The summed E-state index contributed by atoms with van der Waals surface area (Å²) in [5, 5.41) is 3.37. The first-order chi connectivity index (χ1) is 17.7. The maximum atomic E-state index is 13.1. The normalized spacial score (nSPS) is 11.7. The third-order valence-corrected chi connectivity index (χ3v) is 8.05. The zero-order chi connectivity index (χ0) is 26.7. The van der Waals surface area contributed by atoms with Crippen LogP contribution in [-0.4, -0.2) is 34.2 Å². The van der Waals surface area contributed by atoms with Crippen molar-refractivity contribution in [1.29, 1.82) is 0 Å². The summed E-state index contributed by atoms with van der Waals surface area (Å²) in [7, 11) is -2.01. The van der Waals surface area contributed by atoms with Crippen molar-refractivity contribution < 1.29 is 17.6 Å². The molecule has 3 aromatic carbocycles. The molecule has 0 spiro atoms. The molecule has 6 nitrogen and oxygen atoms in total. The second-order valence-electron chi connectivity index (χ2n) is 9.46. The second kappa shape index (κ2) is 10.8. The van der Waals surface area contributed by atoms with E-state index in [1.807, 2.05) is 67.6 Å². The fourth-order valence-electron chi connectivity index (χ4n) is 4.64. The van der Waals surface area contributed by atoms with E-state index in [0.717, 1.165) is 35.1 Å². The van der Waals surface area contributed by atoms with E-state index >= 15 is 0 Å². The minimum absolute atomic E-state index is 0.204. The van der Waals surface area contributed by atoms with E-state index in [-0.39, 0.29) is 11.8 Å². The van der Waals surface area contributed by atoms with Gasteiger partial charge in [-0.3, -0.25) is 9.10 Å². The van der Waals surface area contributed by atoms with Gasteiger partial charge in [-0.05, 0) is 24.5 Å². The van der Waals surface area contributed by atoms with Gasteiger partial charge >= 0.3 is 0 Å². The lowest BCUT2D eigenvalue weighted by atomic mass is 9.97. The van der Waals surface area contributed by atoms with Gasteiger partial charge in [0.05, 0.1) is 17.5 Å². The summed E-state index contributed by atoms with van der Waals surface area (Å²) in [5.41, 5.74) is 4.89. The Morgan fingerprint density at radius 3 is 2.19 bits per heavy atom. The number of sulfonamides is 1. The highest BCUT2D eigenvalue weighted by Gasteiger charge is 2.28. The van der Waals surface area contributed by atoms with Crippen molar-refractivity contribution in [3.63, 3.8) is 0 Å². The Labute approximate surface area is 219 Å². The average Bonchev–Trinajstić information content (AvgIpc) is 3.27. The third kappa shape index (κ3) is 5.42. The maximum absolute atomic E-state index is 13.1. The molecule has 194 valence electrons. The molecule has 0 aliphatic carbocycles. The number of nitrogens with zero attached hydrogens (tertiary/aromatic N) is 1. The molecule has 0 atom stereocenters. The number of furan rings is 1. The quantitative estimate of drug-likeness (QED) is 0.269. The Morgan fingerprint density at radius 1 is 0.973 bits per heavy atom. The van der Waals surface area contributed by atoms with E-state index in [2.05, 4.69) is 19.2 Å². The van der Waals surface area contributed by atoms with Crippen LogP contribution in [0, 0.1) is 12.8 Å². The van der Waals surface area contributed by atoms with Crippen LogP contribution in [0.2, 0.25) is 0 Å². The number of anilines is 1. The van der Waals surface area contributed by atoms with E-state index in [1.54, 1.807) is 13.1 Å². The van der Waals surface area contributed by atoms with Gasteiger partial charge in [0.15, 0.2) is 0 Å². The summed E-state index contributed by atoms with van der Waals surface area (Å²) in [6, 6.07) is 21.1. The SMILES string of the molecule is CCC(CC)CN(c1cc2oc(-c3ccc(C)cc3)c(C(=O)NC)c2cc1-c1ccccc1)S(C)(=O)=O. The molecule has 0 aliphatic heterocycles. The van der Waals surface area contributed by atoms with Crippen molar-refractivity contribution in [2.45, 2.75) is 33.6 Å². The molecule has 4 aromatic rings. The highest BCUT2D eigenvalue weighted by atomic mass is 32.2. The van der Waals surface area contributed by atoms with E-state index in [9.17, 15) is 13.2 Å². The Bertz CT molecular complexity index is 1500. The molecule has 1 amide bonds. The van der Waals surface area contributed by atoms with Crippen LogP contribution in [0.3, 0.4) is 0 Å². The van der Waals surface area contributed by atoms with Gasteiger partial charge in [0.2, 0.25) is 10.0 Å². The van der Waals surface area contributed by atoms with Crippen LogP contribution >= 0.6 is 0 Å². The highest BCUT2D eigenvalue weighted by Crippen LogP contribution is 2.42. The minimum Gasteiger partial charge on any atom is -0.455 e. The van der Waals surface area contributed by atoms with Gasteiger partial charge < -0.3 is 9.73 Å². The molecule has 1 aromatic heterocycles. The molecular formula is C30H34N2O4S. The molecule has 0 saturated carbocycles. The molecule has 0 radical (unpaired) electrons. The van der Waals surface area contributed by atoms with Gasteiger partial charge in [-0.1, -0.05) is 86.8 Å². The molecule has 1 heterocycles. The Kier molecular flexibility index (Phi) is 7.73. The van der Waals surface area contributed by atoms with Gasteiger partial charge in [-0.2, -0.15) is 0 Å². The van der Waals surface area contributed by atoms with Crippen LogP contribution in [0.25, 0.3) is 33.4 Å². The summed E-state index contributed by atoms with van der Waals surface area (Å²) < 4.78 is 34.1. The van der Waals surface area contributed by atoms with E-state index in [1.165, 1.54) is 10.6 Å². The molecule has 4 rings (SSSR count). The van der Waals surface area contributed by atoms with Crippen LogP contribution in [0.1, 0.15) is 42.6 Å². The molecular weight excluding hydrogens is 484 g/mol. The zero-order valence-corrected chi connectivity index (χ0v) is 22.9. The van der Waals surface area contributed by atoms with Gasteiger partial charge in [0.25, 0.3) is 5.91 Å². The summed E-state index contributed by atoms with van der Waals surface area (Å²) in [5.74, 6) is 0.393. The zero-order valence-electron chi connectivity index (χ0n) is 22.0. The molecule has 1 N–H and O–H groups in total. The number of rotatable bonds is 9. The predicted octanol–water partition coefficient (Wildman–Crippen LogP) is 6.64. The Hall–Kier alpha value is -3.58. The standard InChI is InChI=1S/C30H34N2O4S/c1-6-21(7-2)19-32(37(5,34)35)26-18-27-25(17-24(26)22-11-9-8-10-12-22)28(30(33)31-4)29(36-27)23-15-13-20(3)14-16-23/h8-18,21H,6-7,19H2,1-5H3,(H,31,33). The van der Waals surface area contributed by atoms with Crippen molar-refractivity contribution in [3.05, 3.63) is 77.9 Å². The number of benzene rings is 3. The highest BCUT2D eigenvalue weighted by molar-refractivity contribution is 7.92. The van der Waals surface area contributed by atoms with Gasteiger partial charge in [-0.25, -0.2) is 8.42 Å². The summed E-state index contributed by atoms with van der Waals surface area (Å²) in [4.78, 5) is 13.1. The predicted molar refractivity (Wildman–Crippen MR) is 151 cm³/mol. The second-order valence-corrected chi connectivity index (χ2v) is 11.4. The first-order valence-electron chi connectivity index (χ1n) is 12.6. The lowest BCUT2D eigenvalue weighted by Gasteiger charge is -2.28. The lowest BCUT2D eigenvalue weighted by molar-refractivity contribution is 0.0964. The number of fused-ring (bicyclic) bond motifs is 1. The van der Waals surface area contributed by atoms with Crippen molar-refractivity contribution in [2.75, 3.05) is 24.2 Å². The summed E-state index contributed by atoms with van der Waals surface area (Å²) in [6.45, 7) is 6.52. The topological polar surface area (TPSA) is 79.6 Å². The van der Waals surface area contributed by atoms with Crippen LogP contribution in [0.4, 0.5) is 5.69 Å². The van der Waals surface area contributed by atoms with Crippen molar-refractivity contribution in [3.8, 4) is 22.5 Å². The third-order valence-electron chi connectivity index (χ3n) is 6.91. The number of carbonyl (C=O) groups is 1. The molecule has 37 heavy (non-hydrogen) atoms. The largest absolute Gasteiger partial charge is 0.455 e. The fourth-order valence-corrected chi connectivity index (χ4v) is 5.63. The van der Waals surface area contributed by atoms with Gasteiger partial charge in [0, 0.05) is 36.2 Å². The van der Waals surface area contributed by atoms with Crippen LogP contribution in [0.5, 0.6) is 0 Å². The number of hydrogen-bond donors (Lipinski definition) is 1. The van der Waals surface area contributed by atoms with Crippen molar-refractivity contribution in [1.82, 2.24) is 5.32 Å². The summed E-state index contributed by atoms with van der Waals surface area (Å²) in [6.07, 6.45) is 2.97. The summed E-state index contributed by atoms with van der Waals surface area (Å²) >= 11 is 0. The van der Waals surface area contributed by atoms with Crippen molar-refractivity contribution in [2.24, 2.45) is 5.92 Å². The van der Waals surface area contributed by atoms with Crippen LogP contribution in [0.15, 0.2) is 71.1 Å². The van der Waals surface area contributed by atoms with E-state index in [0.29, 0.717) is 34.5 Å². The molecule has 0 unspecified atom stereocenters. The first-order valence-corrected chi connectivity index (χ1v) is 14.5. The number of nitrogens with one attached hydrogen (secondary N) is 1. The minimum atomic E-state index is -3.60. The number of hydrogen-bond acceptors (Lipinski definition) is 4. The van der Waals surface area contributed by atoms with Crippen molar-refractivity contribution >= 4 is 32.6 Å². The monoisotopic (exact) mass is 518 g/mol. The number of carbonyl (C=O) groups excluding carboxylic acids is 1. The van der Waals surface area contributed by atoms with E-state index < -0.39 is 10.0 Å². The van der Waals surface area contributed by atoms with Crippen LogP contribution < -0.4 is 9.62 Å². The molecule has 7 heteroatoms. The molecule has 0 fully saturated rings. The Balaban J connectivity index is 2.06. The van der Waals surface area contributed by atoms with E-state index in [4.69, 9.17) is 4.42 Å². The lowest BCUT2D eigenvalue weighted by Crippen LogP contribution is -2.34. The number of aryl methyl sites for hydroxylation is 1. The molecule has 0 bridgehead atoms. The Morgan fingerprint density at radius 2 is 1.62 bits per heavy atom. The number of amides is 1.